The van der Waals surface area contributed by atoms with Crippen molar-refractivity contribution in [2.75, 3.05) is 32.7 Å². The first-order valence-corrected chi connectivity index (χ1v) is 9.94. The van der Waals surface area contributed by atoms with Gasteiger partial charge in [0, 0.05) is 45.0 Å². The van der Waals surface area contributed by atoms with Gasteiger partial charge in [-0.2, -0.15) is 0 Å². The molecule has 2 fully saturated rings. The summed E-state index contributed by atoms with van der Waals surface area (Å²) in [7, 11) is 0. The first-order valence-electron chi connectivity index (χ1n) is 9.94. The third kappa shape index (κ3) is 6.54. The molecule has 1 atom stereocenters. The molecule has 4 N–H and O–H groups in total. The molecule has 164 valence electrons. The summed E-state index contributed by atoms with van der Waals surface area (Å²) in [6, 6.07) is 3.51. The van der Waals surface area contributed by atoms with Crippen molar-refractivity contribution in [3.8, 4) is 0 Å². The zero-order valence-corrected chi connectivity index (χ0v) is 18.4. The second kappa shape index (κ2) is 11.7. The van der Waals surface area contributed by atoms with Crippen LogP contribution in [0.15, 0.2) is 24.5 Å². The van der Waals surface area contributed by atoms with Gasteiger partial charge in [-0.15, -0.1) is 24.8 Å². The SMILES string of the molecule is Cl.Cl.NCC[C@H](N)C(=O)N1CCC2(CCC(=O)N(CCc3ccncc3)C2)CC1. The number of hydrogen-bond acceptors (Lipinski definition) is 5. The smallest absolute Gasteiger partial charge is 0.239 e. The second-order valence-corrected chi connectivity index (χ2v) is 7.93. The molecule has 0 radical (unpaired) electrons. The Balaban J connectivity index is 0.00000210. The lowest BCUT2D eigenvalue weighted by molar-refractivity contribution is -0.143. The van der Waals surface area contributed by atoms with Gasteiger partial charge in [0.15, 0.2) is 0 Å². The monoisotopic (exact) mass is 445 g/mol. The van der Waals surface area contributed by atoms with Crippen LogP contribution in [0.4, 0.5) is 0 Å². The van der Waals surface area contributed by atoms with Gasteiger partial charge in [0.2, 0.25) is 11.8 Å². The number of nitrogens with zero attached hydrogens (tertiary/aromatic N) is 3. The summed E-state index contributed by atoms with van der Waals surface area (Å²) >= 11 is 0. The molecule has 2 amide bonds. The molecule has 0 aliphatic carbocycles. The number of carbonyl (C=O) groups is 2. The molecule has 1 spiro atoms. The quantitative estimate of drug-likeness (QED) is 0.687. The van der Waals surface area contributed by atoms with Crippen molar-refractivity contribution in [2.45, 2.75) is 44.6 Å². The summed E-state index contributed by atoms with van der Waals surface area (Å²) in [5.41, 5.74) is 12.8. The number of amides is 2. The van der Waals surface area contributed by atoms with E-state index in [0.717, 1.165) is 51.9 Å². The lowest BCUT2D eigenvalue weighted by atomic mass is 9.72. The molecule has 7 nitrogen and oxygen atoms in total. The van der Waals surface area contributed by atoms with E-state index < -0.39 is 6.04 Å². The molecule has 1 aromatic heterocycles. The highest BCUT2D eigenvalue weighted by Crippen LogP contribution is 2.40. The highest BCUT2D eigenvalue weighted by Gasteiger charge is 2.41. The van der Waals surface area contributed by atoms with Gasteiger partial charge >= 0.3 is 0 Å². The van der Waals surface area contributed by atoms with Crippen LogP contribution in [0.3, 0.4) is 0 Å². The van der Waals surface area contributed by atoms with E-state index in [9.17, 15) is 9.59 Å². The van der Waals surface area contributed by atoms with Crippen molar-refractivity contribution in [3.05, 3.63) is 30.1 Å². The van der Waals surface area contributed by atoms with E-state index in [-0.39, 0.29) is 42.0 Å². The molecular weight excluding hydrogens is 413 g/mol. The topological polar surface area (TPSA) is 106 Å². The third-order valence-electron chi connectivity index (χ3n) is 6.10. The van der Waals surface area contributed by atoms with Crippen LogP contribution in [0.2, 0.25) is 0 Å². The molecule has 2 aliphatic heterocycles. The fraction of sp³-hybridized carbons (Fsp3) is 0.650. The maximum Gasteiger partial charge on any atom is 0.239 e. The number of carbonyl (C=O) groups excluding carboxylic acids is 2. The van der Waals surface area contributed by atoms with Gasteiger partial charge in [-0.25, -0.2) is 0 Å². The van der Waals surface area contributed by atoms with Gasteiger partial charge in [-0.3, -0.25) is 14.6 Å². The number of piperidine rings is 2. The normalized spacial score (nSPS) is 19.3. The van der Waals surface area contributed by atoms with Gasteiger partial charge in [0.1, 0.15) is 0 Å². The summed E-state index contributed by atoms with van der Waals surface area (Å²) < 4.78 is 0. The molecule has 9 heteroatoms. The van der Waals surface area contributed by atoms with Crippen molar-refractivity contribution >= 4 is 36.6 Å². The van der Waals surface area contributed by atoms with E-state index in [1.165, 1.54) is 5.56 Å². The fourth-order valence-electron chi connectivity index (χ4n) is 4.27. The molecule has 2 saturated heterocycles. The minimum absolute atomic E-state index is 0. The van der Waals surface area contributed by atoms with Crippen LogP contribution in [0.25, 0.3) is 0 Å². The molecule has 1 aromatic rings. The van der Waals surface area contributed by atoms with Crippen molar-refractivity contribution in [3.63, 3.8) is 0 Å². The van der Waals surface area contributed by atoms with Crippen LogP contribution in [0, 0.1) is 5.41 Å². The number of aromatic nitrogens is 1. The van der Waals surface area contributed by atoms with Gasteiger partial charge < -0.3 is 21.3 Å². The van der Waals surface area contributed by atoms with E-state index in [0.29, 0.717) is 19.4 Å². The molecule has 0 aromatic carbocycles. The van der Waals surface area contributed by atoms with Crippen LogP contribution in [0.5, 0.6) is 0 Å². The van der Waals surface area contributed by atoms with Crippen LogP contribution in [-0.2, 0) is 16.0 Å². The number of likely N-dealkylation sites (tertiary alicyclic amines) is 2. The van der Waals surface area contributed by atoms with E-state index in [2.05, 4.69) is 4.98 Å². The van der Waals surface area contributed by atoms with Gasteiger partial charge in [0.05, 0.1) is 6.04 Å². The number of halogens is 2. The minimum atomic E-state index is -0.492. The van der Waals surface area contributed by atoms with Gasteiger partial charge in [-0.05, 0) is 61.8 Å². The fourth-order valence-corrected chi connectivity index (χ4v) is 4.27. The zero-order valence-electron chi connectivity index (χ0n) is 16.8. The standard InChI is InChI=1S/C20H31N5O2.2ClH/c21-9-2-17(22)19(27)24-13-7-20(8-14-24)6-1-18(26)25(15-20)12-5-16-3-10-23-11-4-16;;/h3-4,10-11,17H,1-2,5-9,12-15,21-22H2;2*1H/t17-;;/m0../s1. The Morgan fingerprint density at radius 1 is 1.17 bits per heavy atom. The van der Waals surface area contributed by atoms with Crippen LogP contribution in [-0.4, -0.2) is 65.4 Å². The van der Waals surface area contributed by atoms with Crippen LogP contribution in [0.1, 0.15) is 37.7 Å². The Morgan fingerprint density at radius 3 is 2.45 bits per heavy atom. The number of rotatable bonds is 6. The van der Waals surface area contributed by atoms with E-state index in [1.807, 2.05) is 21.9 Å². The maximum absolute atomic E-state index is 12.4. The highest BCUT2D eigenvalue weighted by molar-refractivity contribution is 5.85. The average molecular weight is 446 g/mol. The Morgan fingerprint density at radius 2 is 1.83 bits per heavy atom. The lowest BCUT2D eigenvalue weighted by Crippen LogP contribution is -2.54. The molecule has 2 aliphatic rings. The molecule has 0 saturated carbocycles. The number of hydrogen-bond donors (Lipinski definition) is 2. The first kappa shape index (κ1) is 25.6. The predicted octanol–water partition coefficient (Wildman–Crippen LogP) is 1.38. The molecule has 3 rings (SSSR count). The Bertz CT molecular complexity index is 654. The van der Waals surface area contributed by atoms with Crippen LogP contribution >= 0.6 is 24.8 Å². The summed E-state index contributed by atoms with van der Waals surface area (Å²) in [4.78, 5) is 32.7. The number of nitrogens with two attached hydrogens (primary N) is 2. The van der Waals surface area contributed by atoms with Crippen molar-refractivity contribution in [1.29, 1.82) is 0 Å². The third-order valence-corrected chi connectivity index (χ3v) is 6.10. The van der Waals surface area contributed by atoms with Crippen LogP contribution < -0.4 is 11.5 Å². The van der Waals surface area contributed by atoms with E-state index in [4.69, 9.17) is 11.5 Å². The summed E-state index contributed by atoms with van der Waals surface area (Å²) in [6.07, 6.45) is 8.36. The highest BCUT2D eigenvalue weighted by atomic mass is 35.5. The summed E-state index contributed by atoms with van der Waals surface area (Å²) in [6.45, 7) is 3.43. The summed E-state index contributed by atoms with van der Waals surface area (Å²) in [5, 5.41) is 0. The van der Waals surface area contributed by atoms with E-state index >= 15 is 0 Å². The zero-order chi connectivity index (χ0) is 19.3. The minimum Gasteiger partial charge on any atom is -0.342 e. The average Bonchev–Trinajstić information content (AvgIpc) is 2.70. The number of pyridine rings is 1. The van der Waals surface area contributed by atoms with Crippen molar-refractivity contribution in [2.24, 2.45) is 16.9 Å². The van der Waals surface area contributed by atoms with Crippen molar-refractivity contribution in [1.82, 2.24) is 14.8 Å². The van der Waals surface area contributed by atoms with E-state index in [1.54, 1.807) is 12.4 Å². The Labute approximate surface area is 185 Å². The maximum atomic E-state index is 12.4. The van der Waals surface area contributed by atoms with Gasteiger partial charge in [0.25, 0.3) is 0 Å². The van der Waals surface area contributed by atoms with Gasteiger partial charge in [-0.1, -0.05) is 0 Å². The molecule has 3 heterocycles. The molecule has 0 unspecified atom stereocenters. The van der Waals surface area contributed by atoms with Crippen molar-refractivity contribution < 1.29 is 9.59 Å². The summed E-state index contributed by atoms with van der Waals surface area (Å²) in [5.74, 6) is 0.259. The molecule has 0 bridgehead atoms. The second-order valence-electron chi connectivity index (χ2n) is 7.93. The Kier molecular flexibility index (Phi) is 10.3. The Hall–Kier alpha value is -1.41. The first-order chi connectivity index (χ1) is 13.0. The largest absolute Gasteiger partial charge is 0.342 e. The molecular formula is C20H33Cl2N5O2. The lowest BCUT2D eigenvalue weighted by Gasteiger charge is -2.47. The predicted molar refractivity (Wildman–Crippen MR) is 118 cm³/mol. The molecule has 29 heavy (non-hydrogen) atoms.